The number of aryl methyl sites for hydroxylation is 1. The molecule has 0 aliphatic carbocycles. The van der Waals surface area contributed by atoms with Crippen LogP contribution in [0.15, 0.2) is 35.2 Å². The van der Waals surface area contributed by atoms with Crippen molar-refractivity contribution in [2.75, 3.05) is 13.6 Å². The van der Waals surface area contributed by atoms with E-state index in [-0.39, 0.29) is 18.2 Å². The summed E-state index contributed by atoms with van der Waals surface area (Å²) in [6, 6.07) is 7.35. The van der Waals surface area contributed by atoms with Crippen LogP contribution in [0.2, 0.25) is 0 Å². The number of benzene rings is 1. The number of hydrogen-bond donors (Lipinski definition) is 3. The van der Waals surface area contributed by atoms with Gasteiger partial charge in [-0.3, -0.25) is 19.4 Å². The van der Waals surface area contributed by atoms with Gasteiger partial charge in [-0.05, 0) is 37.7 Å². The van der Waals surface area contributed by atoms with Gasteiger partial charge in [0.2, 0.25) is 11.8 Å². The number of nitrogens with one attached hydrogen (secondary N) is 2. The third-order valence-electron chi connectivity index (χ3n) is 5.93. The first kappa shape index (κ1) is 23.9. The highest BCUT2D eigenvalue weighted by Gasteiger charge is 2.36. The monoisotopic (exact) mass is 458 g/mol. The zero-order chi connectivity index (χ0) is 23.1. The number of rotatable bonds is 9. The number of hydrazine groups is 1. The fraction of sp³-hybridized carbons (Fsp3) is 0.478. The number of carboxylic acid groups (broad SMARTS) is 1. The summed E-state index contributed by atoms with van der Waals surface area (Å²) in [4.78, 5) is 41.8. The van der Waals surface area contributed by atoms with E-state index in [4.69, 9.17) is 0 Å². The molecule has 1 aliphatic rings. The fourth-order valence-electron chi connectivity index (χ4n) is 4.11. The molecular weight excluding hydrogens is 428 g/mol. The number of aromatic nitrogens is 1. The number of amides is 2. The van der Waals surface area contributed by atoms with Crippen LogP contribution in [0, 0.1) is 11.8 Å². The molecule has 1 aliphatic heterocycles. The zero-order valence-corrected chi connectivity index (χ0v) is 19.2. The van der Waals surface area contributed by atoms with Crippen molar-refractivity contribution < 1.29 is 19.5 Å². The van der Waals surface area contributed by atoms with Crippen molar-refractivity contribution in [3.8, 4) is 11.3 Å². The highest BCUT2D eigenvalue weighted by atomic mass is 32.1. The van der Waals surface area contributed by atoms with Gasteiger partial charge in [-0.25, -0.2) is 10.4 Å². The Kier molecular flexibility index (Phi) is 8.35. The molecule has 3 atom stereocenters. The van der Waals surface area contributed by atoms with Gasteiger partial charge in [-0.15, -0.1) is 11.3 Å². The van der Waals surface area contributed by atoms with E-state index in [0.717, 1.165) is 23.2 Å². The number of aliphatic carboxylic acids is 1. The first-order valence-electron chi connectivity index (χ1n) is 10.9. The Morgan fingerprint density at radius 1 is 1.34 bits per heavy atom. The summed E-state index contributed by atoms with van der Waals surface area (Å²) < 4.78 is 0. The molecule has 3 N–H and O–H groups in total. The van der Waals surface area contributed by atoms with E-state index in [1.165, 1.54) is 16.3 Å². The third kappa shape index (κ3) is 5.72. The Morgan fingerprint density at radius 2 is 2.12 bits per heavy atom. The van der Waals surface area contributed by atoms with Crippen LogP contribution < -0.4 is 10.7 Å². The lowest BCUT2D eigenvalue weighted by Gasteiger charge is -2.37. The molecular formula is C23H30N4O4S. The third-order valence-corrected chi connectivity index (χ3v) is 6.52. The molecule has 0 spiro atoms. The largest absolute Gasteiger partial charge is 0.481 e. The Labute approximate surface area is 192 Å². The van der Waals surface area contributed by atoms with Gasteiger partial charge in [0.25, 0.3) is 0 Å². The number of carbonyl (C=O) groups is 3. The van der Waals surface area contributed by atoms with Gasteiger partial charge in [0, 0.05) is 30.5 Å². The summed E-state index contributed by atoms with van der Waals surface area (Å²) in [6.07, 6.45) is 2.67. The maximum atomic E-state index is 13.5. The second-order valence-electron chi connectivity index (χ2n) is 8.13. The zero-order valence-electron chi connectivity index (χ0n) is 18.4. The first-order chi connectivity index (χ1) is 15.4. The molecule has 2 heterocycles. The molecule has 1 saturated heterocycles. The van der Waals surface area contributed by atoms with Crippen molar-refractivity contribution >= 4 is 29.1 Å². The topological polar surface area (TPSA) is 112 Å². The molecule has 0 saturated carbocycles. The number of carboxylic acids is 1. The smallest absolute Gasteiger partial charge is 0.306 e. The molecule has 2 aromatic rings. The summed E-state index contributed by atoms with van der Waals surface area (Å²) in [5.74, 6) is -2.56. The molecule has 172 valence electrons. The van der Waals surface area contributed by atoms with E-state index in [1.54, 1.807) is 19.5 Å². The number of nitrogens with zero attached hydrogens (tertiary/aromatic N) is 2. The van der Waals surface area contributed by atoms with Crippen molar-refractivity contribution in [1.29, 1.82) is 0 Å². The molecule has 0 radical (unpaired) electrons. The van der Waals surface area contributed by atoms with E-state index in [2.05, 4.69) is 15.7 Å². The molecule has 1 fully saturated rings. The maximum absolute atomic E-state index is 13.5. The second kappa shape index (κ2) is 11.2. The predicted molar refractivity (Wildman–Crippen MR) is 123 cm³/mol. The van der Waals surface area contributed by atoms with E-state index in [1.807, 2.05) is 29.6 Å². The lowest BCUT2D eigenvalue weighted by molar-refractivity contribution is -0.151. The predicted octanol–water partition coefficient (Wildman–Crippen LogP) is 2.71. The van der Waals surface area contributed by atoms with Crippen LogP contribution in [0.25, 0.3) is 11.3 Å². The van der Waals surface area contributed by atoms with Crippen molar-refractivity contribution in [3.05, 3.63) is 40.7 Å². The Bertz CT molecular complexity index is 934. The van der Waals surface area contributed by atoms with E-state index < -0.39 is 23.8 Å². The number of thiazole rings is 1. The summed E-state index contributed by atoms with van der Waals surface area (Å²) in [5, 5.41) is 15.5. The van der Waals surface area contributed by atoms with E-state index >= 15 is 0 Å². The minimum absolute atomic E-state index is 0.214. The van der Waals surface area contributed by atoms with Gasteiger partial charge in [0.1, 0.15) is 6.04 Å². The van der Waals surface area contributed by atoms with Crippen LogP contribution in [-0.4, -0.2) is 52.5 Å². The van der Waals surface area contributed by atoms with Gasteiger partial charge >= 0.3 is 5.97 Å². The highest BCUT2D eigenvalue weighted by Crippen LogP contribution is 2.28. The molecule has 8 nitrogen and oxygen atoms in total. The Morgan fingerprint density at radius 3 is 2.81 bits per heavy atom. The molecule has 32 heavy (non-hydrogen) atoms. The summed E-state index contributed by atoms with van der Waals surface area (Å²) in [7, 11) is 1.55. The van der Waals surface area contributed by atoms with Gasteiger partial charge < -0.3 is 10.4 Å². The van der Waals surface area contributed by atoms with Crippen LogP contribution in [-0.2, 0) is 20.8 Å². The molecule has 9 heteroatoms. The van der Waals surface area contributed by atoms with Crippen molar-refractivity contribution in [1.82, 2.24) is 20.7 Å². The standard InChI is InChI=1S/C23H30N4O4S/c1-15(23(30)31)12-17(22(29)27-20(21(28)24-2)8-5-11-26-27)10-9-16-6-3-4-7-18(16)19-13-32-14-25-19/h3-4,6-7,13-15,17,20,26H,5,8-12H2,1-2H3,(H,24,28)(H,30,31)/t15-,17+,20-/m0/s1. The Balaban J connectivity index is 1.81. The number of hydrogen-bond acceptors (Lipinski definition) is 6. The lowest BCUT2D eigenvalue weighted by atomic mass is 9.88. The van der Waals surface area contributed by atoms with Gasteiger partial charge in [-0.1, -0.05) is 31.2 Å². The molecule has 3 rings (SSSR count). The molecule has 1 aromatic carbocycles. The molecule has 1 aromatic heterocycles. The van der Waals surface area contributed by atoms with Crippen LogP contribution >= 0.6 is 11.3 Å². The molecule has 0 bridgehead atoms. The van der Waals surface area contributed by atoms with Gasteiger partial charge in [-0.2, -0.15) is 0 Å². The van der Waals surface area contributed by atoms with Gasteiger partial charge in [0.15, 0.2) is 0 Å². The summed E-state index contributed by atoms with van der Waals surface area (Å²) in [6.45, 7) is 2.22. The number of likely N-dealkylation sites (N-methyl/N-ethyl adjacent to an activating group) is 1. The summed E-state index contributed by atoms with van der Waals surface area (Å²) >= 11 is 1.52. The maximum Gasteiger partial charge on any atom is 0.306 e. The van der Waals surface area contributed by atoms with Crippen LogP contribution in [0.1, 0.15) is 38.2 Å². The second-order valence-corrected chi connectivity index (χ2v) is 8.85. The highest BCUT2D eigenvalue weighted by molar-refractivity contribution is 7.07. The van der Waals surface area contributed by atoms with Crippen LogP contribution in [0.5, 0.6) is 0 Å². The van der Waals surface area contributed by atoms with E-state index in [0.29, 0.717) is 25.8 Å². The first-order valence-corrected chi connectivity index (χ1v) is 11.8. The fourth-order valence-corrected chi connectivity index (χ4v) is 4.66. The molecule has 2 amide bonds. The van der Waals surface area contributed by atoms with Gasteiger partial charge in [0.05, 0.1) is 17.1 Å². The SMILES string of the molecule is CNC(=O)[C@@H]1CCCNN1C(=O)[C@H](CCc1ccccc1-c1cscn1)C[C@H](C)C(=O)O. The van der Waals surface area contributed by atoms with Crippen LogP contribution in [0.3, 0.4) is 0 Å². The van der Waals surface area contributed by atoms with Crippen molar-refractivity contribution in [2.24, 2.45) is 11.8 Å². The van der Waals surface area contributed by atoms with Crippen molar-refractivity contribution in [3.63, 3.8) is 0 Å². The average molecular weight is 459 g/mol. The quantitative estimate of drug-likeness (QED) is 0.533. The molecule has 0 unspecified atom stereocenters. The Hall–Kier alpha value is -2.78. The minimum atomic E-state index is -0.930. The lowest BCUT2D eigenvalue weighted by Crippen LogP contribution is -2.59. The average Bonchev–Trinajstić information content (AvgIpc) is 3.35. The number of carbonyl (C=O) groups excluding carboxylic acids is 2. The van der Waals surface area contributed by atoms with Crippen LogP contribution in [0.4, 0.5) is 0 Å². The normalized spacial score (nSPS) is 18.1. The van der Waals surface area contributed by atoms with E-state index in [9.17, 15) is 19.5 Å². The minimum Gasteiger partial charge on any atom is -0.481 e. The van der Waals surface area contributed by atoms with Crippen molar-refractivity contribution in [2.45, 2.75) is 45.1 Å². The summed E-state index contributed by atoms with van der Waals surface area (Å²) in [5.41, 5.74) is 7.83.